The Labute approximate surface area is 126 Å². The van der Waals surface area contributed by atoms with Crippen molar-refractivity contribution in [1.82, 2.24) is 10.2 Å². The van der Waals surface area contributed by atoms with Gasteiger partial charge in [-0.1, -0.05) is 20.8 Å². The Morgan fingerprint density at radius 1 is 1.14 bits per heavy atom. The molecule has 0 aliphatic heterocycles. The second kappa shape index (κ2) is 9.37. The molecule has 0 heterocycles. The Kier molecular flexibility index (Phi) is 8.66. The van der Waals surface area contributed by atoms with E-state index in [4.69, 9.17) is 5.11 Å². The fourth-order valence-corrected chi connectivity index (χ4v) is 2.32. The average molecular weight is 300 g/mol. The number of hydrogen-bond donors (Lipinski definition) is 2. The lowest BCUT2D eigenvalue weighted by atomic mass is 9.95. The first kappa shape index (κ1) is 19.4. The van der Waals surface area contributed by atoms with Crippen LogP contribution in [0.15, 0.2) is 0 Å². The van der Waals surface area contributed by atoms with E-state index in [1.54, 1.807) is 0 Å². The Bertz CT molecular complexity index is 369. The molecule has 6 heteroatoms. The Hall–Kier alpha value is -1.59. The largest absolute Gasteiger partial charge is 0.480 e. The predicted molar refractivity (Wildman–Crippen MR) is 80.7 cm³/mol. The van der Waals surface area contributed by atoms with Crippen LogP contribution in [0.4, 0.5) is 0 Å². The second-order valence-corrected chi connectivity index (χ2v) is 6.02. The lowest BCUT2D eigenvalue weighted by molar-refractivity contribution is -0.149. The monoisotopic (exact) mass is 300 g/mol. The Morgan fingerprint density at radius 2 is 1.71 bits per heavy atom. The van der Waals surface area contributed by atoms with E-state index in [0.717, 1.165) is 6.42 Å². The zero-order valence-corrected chi connectivity index (χ0v) is 13.7. The third kappa shape index (κ3) is 8.32. The number of nitrogens with zero attached hydrogens (tertiary/aromatic N) is 1. The summed E-state index contributed by atoms with van der Waals surface area (Å²) in [7, 11) is 0. The minimum atomic E-state index is -1.04. The van der Waals surface area contributed by atoms with Gasteiger partial charge < -0.3 is 15.3 Å². The Balaban J connectivity index is 4.66. The van der Waals surface area contributed by atoms with Crippen molar-refractivity contribution in [2.75, 3.05) is 13.1 Å². The summed E-state index contributed by atoms with van der Waals surface area (Å²) >= 11 is 0. The van der Waals surface area contributed by atoms with Gasteiger partial charge in [0.25, 0.3) is 0 Å². The van der Waals surface area contributed by atoms with Gasteiger partial charge in [-0.2, -0.15) is 0 Å². The van der Waals surface area contributed by atoms with Crippen LogP contribution in [0, 0.1) is 11.8 Å². The highest BCUT2D eigenvalue weighted by atomic mass is 16.4. The van der Waals surface area contributed by atoms with Crippen LogP contribution in [0.2, 0.25) is 0 Å². The van der Waals surface area contributed by atoms with Gasteiger partial charge in [0.2, 0.25) is 11.8 Å². The maximum absolute atomic E-state index is 12.3. The molecule has 0 bridgehead atoms. The predicted octanol–water partition coefficient (Wildman–Crippen LogP) is 1.50. The number of hydrogen-bond acceptors (Lipinski definition) is 3. The fourth-order valence-electron chi connectivity index (χ4n) is 2.32. The molecule has 2 N–H and O–H groups in total. The second-order valence-electron chi connectivity index (χ2n) is 6.02. The summed E-state index contributed by atoms with van der Waals surface area (Å²) in [5.41, 5.74) is 0. The molecule has 2 amide bonds. The summed E-state index contributed by atoms with van der Waals surface area (Å²) < 4.78 is 0. The highest BCUT2D eigenvalue weighted by Crippen LogP contribution is 2.16. The molecule has 6 nitrogen and oxygen atoms in total. The van der Waals surface area contributed by atoms with Gasteiger partial charge in [0.15, 0.2) is 0 Å². The molecule has 0 aromatic rings. The summed E-state index contributed by atoms with van der Waals surface area (Å²) in [6.07, 6.45) is 1.25. The van der Waals surface area contributed by atoms with Gasteiger partial charge in [0, 0.05) is 26.4 Å². The molecule has 0 aromatic heterocycles. The number of carbonyl (C=O) groups is 3. The molecular weight excluding hydrogens is 272 g/mol. The molecule has 0 radical (unpaired) electrons. The van der Waals surface area contributed by atoms with Gasteiger partial charge >= 0.3 is 5.97 Å². The summed E-state index contributed by atoms with van der Waals surface area (Å²) in [6.45, 7) is 9.52. The number of rotatable bonds is 9. The van der Waals surface area contributed by atoms with Crippen molar-refractivity contribution in [3.8, 4) is 0 Å². The van der Waals surface area contributed by atoms with Gasteiger partial charge in [0.1, 0.15) is 6.04 Å². The standard InChI is InChI=1S/C15H28N2O4/c1-10(2)8-11(3)9-14(19)17(12(4)15(20)21)7-6-16-13(5)18/h10-12H,6-9H2,1-5H3,(H,16,18)(H,20,21). The van der Waals surface area contributed by atoms with E-state index >= 15 is 0 Å². The zero-order chi connectivity index (χ0) is 16.6. The zero-order valence-electron chi connectivity index (χ0n) is 13.7. The van der Waals surface area contributed by atoms with Crippen molar-refractivity contribution in [3.63, 3.8) is 0 Å². The van der Waals surface area contributed by atoms with Gasteiger partial charge in [-0.25, -0.2) is 4.79 Å². The molecule has 0 fully saturated rings. The molecule has 0 aliphatic carbocycles. The molecule has 0 spiro atoms. The van der Waals surface area contributed by atoms with Crippen molar-refractivity contribution < 1.29 is 19.5 Å². The van der Waals surface area contributed by atoms with Crippen LogP contribution in [0.3, 0.4) is 0 Å². The van der Waals surface area contributed by atoms with Gasteiger partial charge in [-0.3, -0.25) is 9.59 Å². The highest BCUT2D eigenvalue weighted by Gasteiger charge is 2.26. The van der Waals surface area contributed by atoms with E-state index in [1.165, 1.54) is 18.7 Å². The lowest BCUT2D eigenvalue weighted by Gasteiger charge is -2.28. The van der Waals surface area contributed by atoms with Crippen molar-refractivity contribution in [2.45, 2.75) is 53.5 Å². The van der Waals surface area contributed by atoms with Crippen LogP contribution in [0.1, 0.15) is 47.5 Å². The van der Waals surface area contributed by atoms with Gasteiger partial charge in [0.05, 0.1) is 0 Å². The van der Waals surface area contributed by atoms with Crippen LogP contribution in [0.25, 0.3) is 0 Å². The average Bonchev–Trinajstić information content (AvgIpc) is 2.31. The number of carboxylic acids is 1. The summed E-state index contributed by atoms with van der Waals surface area (Å²) in [5, 5.41) is 11.7. The molecule has 2 atom stereocenters. The molecule has 122 valence electrons. The third-order valence-electron chi connectivity index (χ3n) is 3.27. The molecule has 2 unspecified atom stereocenters. The van der Waals surface area contributed by atoms with Crippen molar-refractivity contribution in [3.05, 3.63) is 0 Å². The van der Waals surface area contributed by atoms with Crippen molar-refractivity contribution in [2.24, 2.45) is 11.8 Å². The number of carbonyl (C=O) groups excluding carboxylic acids is 2. The quantitative estimate of drug-likeness (QED) is 0.675. The van der Waals surface area contributed by atoms with E-state index in [-0.39, 0.29) is 30.8 Å². The van der Waals surface area contributed by atoms with Crippen molar-refractivity contribution in [1.29, 1.82) is 0 Å². The number of amides is 2. The van der Waals surface area contributed by atoms with E-state index in [9.17, 15) is 14.4 Å². The van der Waals surface area contributed by atoms with Crippen LogP contribution in [-0.2, 0) is 14.4 Å². The van der Waals surface area contributed by atoms with E-state index in [0.29, 0.717) is 12.3 Å². The molecule has 0 saturated carbocycles. The van der Waals surface area contributed by atoms with E-state index < -0.39 is 12.0 Å². The molecule has 0 rings (SSSR count). The summed E-state index contributed by atoms with van der Waals surface area (Å²) in [5.74, 6) is -0.705. The lowest BCUT2D eigenvalue weighted by Crippen LogP contribution is -2.47. The van der Waals surface area contributed by atoms with Gasteiger partial charge in [-0.05, 0) is 25.2 Å². The van der Waals surface area contributed by atoms with E-state index in [1.807, 2.05) is 6.92 Å². The number of carboxylic acid groups (broad SMARTS) is 1. The molecule has 0 aliphatic rings. The number of nitrogens with one attached hydrogen (secondary N) is 1. The minimum absolute atomic E-state index is 0.177. The van der Waals surface area contributed by atoms with Gasteiger partial charge in [-0.15, -0.1) is 0 Å². The molecule has 0 saturated heterocycles. The van der Waals surface area contributed by atoms with Crippen LogP contribution < -0.4 is 5.32 Å². The molecule has 0 aromatic carbocycles. The first-order valence-electron chi connectivity index (χ1n) is 7.41. The fraction of sp³-hybridized carbons (Fsp3) is 0.800. The third-order valence-corrected chi connectivity index (χ3v) is 3.27. The topological polar surface area (TPSA) is 86.7 Å². The SMILES string of the molecule is CC(=O)NCCN(C(=O)CC(C)CC(C)C)C(C)C(=O)O. The maximum atomic E-state index is 12.3. The van der Waals surface area contributed by atoms with Crippen molar-refractivity contribution >= 4 is 17.8 Å². The minimum Gasteiger partial charge on any atom is -0.480 e. The van der Waals surface area contributed by atoms with Crippen LogP contribution in [-0.4, -0.2) is 46.9 Å². The first-order chi connectivity index (χ1) is 9.65. The van der Waals surface area contributed by atoms with Crippen LogP contribution >= 0.6 is 0 Å². The normalized spacial score (nSPS) is 13.6. The highest BCUT2D eigenvalue weighted by molar-refractivity contribution is 5.83. The molecular formula is C15H28N2O4. The van der Waals surface area contributed by atoms with E-state index in [2.05, 4.69) is 19.2 Å². The van der Waals surface area contributed by atoms with Crippen LogP contribution in [0.5, 0.6) is 0 Å². The number of aliphatic carboxylic acids is 1. The molecule has 21 heavy (non-hydrogen) atoms. The smallest absolute Gasteiger partial charge is 0.326 e. The first-order valence-corrected chi connectivity index (χ1v) is 7.41. The summed E-state index contributed by atoms with van der Waals surface area (Å²) in [6, 6.07) is -0.891. The summed E-state index contributed by atoms with van der Waals surface area (Å²) in [4.78, 5) is 35.6. The Morgan fingerprint density at radius 3 is 2.14 bits per heavy atom. The maximum Gasteiger partial charge on any atom is 0.326 e.